The second kappa shape index (κ2) is 12.9. The van der Waals surface area contributed by atoms with E-state index in [4.69, 9.17) is 21.1 Å². The highest BCUT2D eigenvalue weighted by molar-refractivity contribution is 6.30. The summed E-state index contributed by atoms with van der Waals surface area (Å²) in [5.41, 5.74) is 2.35. The van der Waals surface area contributed by atoms with Gasteiger partial charge in [0.15, 0.2) is 0 Å². The monoisotopic (exact) mass is 514 g/mol. The van der Waals surface area contributed by atoms with Gasteiger partial charge in [0, 0.05) is 36.8 Å². The van der Waals surface area contributed by atoms with Gasteiger partial charge in [-0.3, -0.25) is 4.79 Å². The van der Waals surface area contributed by atoms with Gasteiger partial charge < -0.3 is 24.4 Å². The minimum atomic E-state index is -1.03. The van der Waals surface area contributed by atoms with Gasteiger partial charge in [-0.05, 0) is 69.3 Å². The van der Waals surface area contributed by atoms with E-state index in [1.165, 1.54) is 0 Å². The molecule has 1 aliphatic rings. The number of hydrogen-bond donors (Lipinski definition) is 1. The molecule has 1 aliphatic heterocycles. The number of aliphatic carboxylic acids is 1. The molecular weight excluding hydrogens is 480 g/mol. The van der Waals surface area contributed by atoms with Crippen LogP contribution in [0.2, 0.25) is 5.02 Å². The Balaban J connectivity index is 1.91. The van der Waals surface area contributed by atoms with Crippen LogP contribution in [0.15, 0.2) is 59.8 Å². The Morgan fingerprint density at radius 1 is 1.08 bits per heavy atom. The smallest absolute Gasteiger partial charge is 0.333 e. The Morgan fingerprint density at radius 3 is 2.33 bits per heavy atom. The number of halogens is 1. The number of amides is 1. The highest BCUT2D eigenvalue weighted by Crippen LogP contribution is 2.42. The number of carboxylic acids is 1. The molecule has 7 nitrogen and oxygen atoms in total. The topological polar surface area (TPSA) is 79.3 Å². The van der Waals surface area contributed by atoms with Crippen LogP contribution in [0.25, 0.3) is 0 Å². The summed E-state index contributed by atoms with van der Waals surface area (Å²) in [7, 11) is 5.62. The molecule has 1 amide bonds. The maximum atomic E-state index is 13.7. The predicted octanol–water partition coefficient (Wildman–Crippen LogP) is 4.46. The van der Waals surface area contributed by atoms with Crippen molar-refractivity contribution >= 4 is 23.5 Å². The van der Waals surface area contributed by atoms with Gasteiger partial charge in [-0.1, -0.05) is 35.9 Å². The van der Waals surface area contributed by atoms with Gasteiger partial charge in [-0.25, -0.2) is 4.79 Å². The van der Waals surface area contributed by atoms with Crippen LogP contribution in [-0.4, -0.2) is 74.3 Å². The quantitative estimate of drug-likeness (QED) is 0.421. The van der Waals surface area contributed by atoms with Crippen LogP contribution in [0.3, 0.4) is 0 Å². The summed E-state index contributed by atoms with van der Waals surface area (Å²) in [6, 6.07) is 14.8. The lowest BCUT2D eigenvalue weighted by atomic mass is 9.73. The number of carboxylic acid groups (broad SMARTS) is 1. The molecular formula is C28H35ClN2O5. The van der Waals surface area contributed by atoms with Crippen LogP contribution in [0.4, 0.5) is 0 Å². The maximum absolute atomic E-state index is 13.7. The first-order chi connectivity index (χ1) is 17.2. The van der Waals surface area contributed by atoms with Gasteiger partial charge in [0.2, 0.25) is 5.91 Å². The Kier molecular flexibility index (Phi) is 9.93. The van der Waals surface area contributed by atoms with Crippen molar-refractivity contribution in [2.75, 3.05) is 47.5 Å². The molecule has 1 N–H and O–H groups in total. The fourth-order valence-corrected chi connectivity index (χ4v) is 4.77. The minimum absolute atomic E-state index is 0.112. The summed E-state index contributed by atoms with van der Waals surface area (Å²) in [6.45, 7) is 3.87. The molecule has 3 rings (SSSR count). The molecule has 2 atom stereocenters. The van der Waals surface area contributed by atoms with Crippen molar-refractivity contribution in [2.45, 2.75) is 25.7 Å². The van der Waals surface area contributed by atoms with E-state index in [1.807, 2.05) is 38.4 Å². The zero-order valence-corrected chi connectivity index (χ0v) is 22.1. The molecule has 2 aromatic rings. The van der Waals surface area contributed by atoms with E-state index in [1.54, 1.807) is 43.2 Å². The Bertz CT molecular complexity index is 1070. The molecule has 0 spiro atoms. The van der Waals surface area contributed by atoms with Crippen molar-refractivity contribution in [3.05, 3.63) is 76.0 Å². The fraction of sp³-hybridized carbons (Fsp3) is 0.429. The van der Waals surface area contributed by atoms with Crippen LogP contribution < -0.4 is 4.74 Å². The maximum Gasteiger partial charge on any atom is 0.333 e. The number of hydrogen-bond acceptors (Lipinski definition) is 5. The van der Waals surface area contributed by atoms with E-state index in [2.05, 4.69) is 4.90 Å². The van der Waals surface area contributed by atoms with E-state index < -0.39 is 17.8 Å². The summed E-state index contributed by atoms with van der Waals surface area (Å²) >= 11 is 6.10. The molecule has 8 heteroatoms. The molecule has 0 aliphatic carbocycles. The molecule has 1 heterocycles. The number of allylic oxidation sites excluding steroid dienone is 1. The molecule has 36 heavy (non-hydrogen) atoms. The molecule has 0 saturated carbocycles. The second-order valence-electron chi connectivity index (χ2n) is 9.28. The lowest BCUT2D eigenvalue weighted by Gasteiger charge is -2.39. The van der Waals surface area contributed by atoms with Crippen molar-refractivity contribution in [1.29, 1.82) is 0 Å². The fourth-order valence-electron chi connectivity index (χ4n) is 4.65. The molecule has 0 bridgehead atoms. The third-order valence-corrected chi connectivity index (χ3v) is 6.72. The average Bonchev–Trinajstić information content (AvgIpc) is 2.84. The van der Waals surface area contributed by atoms with Crippen LogP contribution in [0.5, 0.6) is 5.75 Å². The highest BCUT2D eigenvalue weighted by atomic mass is 35.5. The van der Waals surface area contributed by atoms with Crippen LogP contribution in [0, 0.1) is 5.92 Å². The van der Waals surface area contributed by atoms with Gasteiger partial charge in [0.1, 0.15) is 5.75 Å². The van der Waals surface area contributed by atoms with Crippen LogP contribution >= 0.6 is 11.6 Å². The predicted molar refractivity (Wildman–Crippen MR) is 140 cm³/mol. The van der Waals surface area contributed by atoms with Crippen molar-refractivity contribution in [3.63, 3.8) is 0 Å². The van der Waals surface area contributed by atoms with E-state index >= 15 is 0 Å². The summed E-state index contributed by atoms with van der Waals surface area (Å²) in [6.07, 6.45) is 1.32. The van der Waals surface area contributed by atoms with Crippen molar-refractivity contribution in [3.8, 4) is 5.75 Å². The lowest BCUT2D eigenvalue weighted by molar-refractivity contribution is -0.138. The van der Waals surface area contributed by atoms with Crippen molar-refractivity contribution in [1.82, 2.24) is 9.80 Å². The van der Waals surface area contributed by atoms with Crippen molar-refractivity contribution in [2.24, 2.45) is 5.92 Å². The van der Waals surface area contributed by atoms with Gasteiger partial charge in [0.05, 0.1) is 24.7 Å². The molecule has 0 aromatic heterocycles. The van der Waals surface area contributed by atoms with E-state index in [0.717, 1.165) is 29.8 Å². The number of nitrogens with zero attached hydrogens (tertiary/aromatic N) is 2. The summed E-state index contributed by atoms with van der Waals surface area (Å²) in [5.74, 6) is -1.57. The number of ether oxygens (including phenoxy) is 2. The molecule has 2 aromatic carbocycles. The molecule has 194 valence electrons. The first-order valence-corrected chi connectivity index (χ1v) is 12.5. The van der Waals surface area contributed by atoms with E-state index in [0.29, 0.717) is 36.9 Å². The molecule has 0 radical (unpaired) electrons. The first-order valence-electron chi connectivity index (χ1n) is 12.1. The van der Waals surface area contributed by atoms with Gasteiger partial charge >= 0.3 is 5.97 Å². The van der Waals surface area contributed by atoms with Gasteiger partial charge in [0.25, 0.3) is 0 Å². The number of carbonyl (C=O) groups is 2. The Morgan fingerprint density at radius 2 is 1.75 bits per heavy atom. The SMILES string of the molecule is COCCN1C(=O)C(Cc2ccc(OCCCN(C)C)cc2)C(c2ccc(Cl)cc2)C(C(=O)O)=C1C. The van der Waals surface area contributed by atoms with E-state index in [9.17, 15) is 14.7 Å². The zero-order chi connectivity index (χ0) is 26.2. The normalized spacial score (nSPS) is 18.2. The summed E-state index contributed by atoms with van der Waals surface area (Å²) in [5, 5.41) is 10.8. The number of methoxy groups -OCH3 is 1. The summed E-state index contributed by atoms with van der Waals surface area (Å²) in [4.78, 5) is 29.9. The zero-order valence-electron chi connectivity index (χ0n) is 21.4. The average molecular weight is 515 g/mol. The number of rotatable bonds is 12. The van der Waals surface area contributed by atoms with Crippen LogP contribution in [-0.2, 0) is 20.7 Å². The highest BCUT2D eigenvalue weighted by Gasteiger charge is 2.43. The standard InChI is InChI=1S/C28H35ClN2O5/c1-19-25(28(33)34)26(21-8-10-22(29)11-9-21)24(27(32)31(19)15-17-35-4)18-20-6-12-23(13-7-20)36-16-5-14-30(2)3/h6-13,24,26H,5,14-18H2,1-4H3,(H,33,34). The van der Waals surface area contributed by atoms with Gasteiger partial charge in [-0.15, -0.1) is 0 Å². The molecule has 0 saturated heterocycles. The Hall–Kier alpha value is -2.87. The summed E-state index contributed by atoms with van der Waals surface area (Å²) < 4.78 is 11.0. The van der Waals surface area contributed by atoms with Crippen molar-refractivity contribution < 1.29 is 24.2 Å². The van der Waals surface area contributed by atoms with Gasteiger partial charge in [-0.2, -0.15) is 0 Å². The second-order valence-corrected chi connectivity index (χ2v) is 9.71. The minimum Gasteiger partial charge on any atom is -0.494 e. The third kappa shape index (κ3) is 6.87. The number of benzene rings is 2. The lowest BCUT2D eigenvalue weighted by Crippen LogP contribution is -2.46. The third-order valence-electron chi connectivity index (χ3n) is 6.47. The first kappa shape index (κ1) is 27.7. The molecule has 2 unspecified atom stereocenters. The largest absolute Gasteiger partial charge is 0.494 e. The Labute approximate surface area is 218 Å². The van der Waals surface area contributed by atoms with Crippen LogP contribution in [0.1, 0.15) is 30.4 Å². The van der Waals surface area contributed by atoms with E-state index in [-0.39, 0.29) is 11.5 Å². The number of carbonyl (C=O) groups excluding carboxylic acids is 1. The molecule has 0 fully saturated rings.